The van der Waals surface area contributed by atoms with Gasteiger partial charge in [-0.3, -0.25) is 4.79 Å². The predicted molar refractivity (Wildman–Crippen MR) is 64.1 cm³/mol. The number of methoxy groups -OCH3 is 1. The average Bonchev–Trinajstić information content (AvgIpc) is 2.37. The number of carbonyl (C=O) groups excluding carboxylic acids is 1. The first-order chi connectivity index (χ1) is 8.17. The highest BCUT2D eigenvalue weighted by molar-refractivity contribution is 5.74. The van der Waals surface area contributed by atoms with Crippen LogP contribution in [0.5, 0.6) is 0 Å². The van der Waals surface area contributed by atoms with Crippen LogP contribution in [0.25, 0.3) is 0 Å². The van der Waals surface area contributed by atoms with Gasteiger partial charge >= 0.3 is 5.97 Å². The third-order valence-electron chi connectivity index (χ3n) is 2.78. The maximum absolute atomic E-state index is 11.4. The SMILES string of the molecule is CCc1ccc(C#N)c(CN)c1CC(=O)OC. The zero-order chi connectivity index (χ0) is 12.8. The van der Waals surface area contributed by atoms with Crippen molar-refractivity contribution < 1.29 is 9.53 Å². The third kappa shape index (κ3) is 2.83. The second kappa shape index (κ2) is 6.02. The molecule has 90 valence electrons. The smallest absolute Gasteiger partial charge is 0.309 e. The Morgan fingerprint density at radius 3 is 2.65 bits per heavy atom. The molecule has 0 fully saturated rings. The van der Waals surface area contributed by atoms with Crippen LogP contribution in [0.4, 0.5) is 0 Å². The van der Waals surface area contributed by atoms with Gasteiger partial charge in [0.25, 0.3) is 0 Å². The van der Waals surface area contributed by atoms with Crippen LogP contribution < -0.4 is 5.73 Å². The first kappa shape index (κ1) is 13.2. The van der Waals surface area contributed by atoms with E-state index in [-0.39, 0.29) is 18.9 Å². The maximum Gasteiger partial charge on any atom is 0.309 e. The van der Waals surface area contributed by atoms with Crippen molar-refractivity contribution in [3.8, 4) is 6.07 Å². The van der Waals surface area contributed by atoms with Gasteiger partial charge in [-0.25, -0.2) is 0 Å². The first-order valence-electron chi connectivity index (χ1n) is 5.48. The van der Waals surface area contributed by atoms with Gasteiger partial charge < -0.3 is 10.5 Å². The van der Waals surface area contributed by atoms with Gasteiger partial charge in [0.1, 0.15) is 0 Å². The lowest BCUT2D eigenvalue weighted by Crippen LogP contribution is -2.13. The molecule has 0 aliphatic rings. The summed E-state index contributed by atoms with van der Waals surface area (Å²) in [6.45, 7) is 2.26. The van der Waals surface area contributed by atoms with E-state index in [2.05, 4.69) is 10.8 Å². The molecule has 0 saturated carbocycles. The highest BCUT2D eigenvalue weighted by Crippen LogP contribution is 2.20. The fourth-order valence-electron chi connectivity index (χ4n) is 1.85. The van der Waals surface area contributed by atoms with Crippen LogP contribution in [-0.2, 0) is 28.9 Å². The Hall–Kier alpha value is -1.86. The predicted octanol–water partition coefficient (Wildman–Crippen LogP) is 1.29. The maximum atomic E-state index is 11.4. The normalized spacial score (nSPS) is 9.76. The van der Waals surface area contributed by atoms with Crippen molar-refractivity contribution in [3.05, 3.63) is 34.4 Å². The van der Waals surface area contributed by atoms with Crippen molar-refractivity contribution in [3.63, 3.8) is 0 Å². The number of nitriles is 1. The minimum atomic E-state index is -0.315. The fraction of sp³-hybridized carbons (Fsp3) is 0.385. The number of benzene rings is 1. The van der Waals surface area contributed by atoms with Crippen LogP contribution >= 0.6 is 0 Å². The molecule has 1 aromatic rings. The standard InChI is InChI=1S/C13H16N2O2/c1-3-9-4-5-10(7-14)12(8-15)11(9)6-13(16)17-2/h4-5H,3,6,8,15H2,1-2H3. The van der Waals surface area contributed by atoms with Gasteiger partial charge in [0.05, 0.1) is 25.2 Å². The van der Waals surface area contributed by atoms with Crippen LogP contribution in [0.2, 0.25) is 0 Å². The number of rotatable bonds is 4. The molecule has 0 saturated heterocycles. The molecule has 0 unspecified atom stereocenters. The van der Waals surface area contributed by atoms with Gasteiger partial charge in [0.15, 0.2) is 0 Å². The molecule has 0 amide bonds. The van der Waals surface area contributed by atoms with Crippen LogP contribution in [0.15, 0.2) is 12.1 Å². The molecule has 2 N–H and O–H groups in total. The molecular weight excluding hydrogens is 216 g/mol. The number of hydrogen-bond donors (Lipinski definition) is 1. The van der Waals surface area contributed by atoms with Crippen molar-refractivity contribution in [1.82, 2.24) is 0 Å². The molecule has 1 rings (SSSR count). The van der Waals surface area contributed by atoms with Gasteiger partial charge in [-0.2, -0.15) is 5.26 Å². The number of ether oxygens (including phenoxy) is 1. The largest absolute Gasteiger partial charge is 0.469 e. The molecule has 17 heavy (non-hydrogen) atoms. The van der Waals surface area contributed by atoms with Gasteiger partial charge in [-0.1, -0.05) is 13.0 Å². The van der Waals surface area contributed by atoms with E-state index in [1.165, 1.54) is 7.11 Å². The number of hydrogen-bond acceptors (Lipinski definition) is 4. The molecular formula is C13H16N2O2. The first-order valence-corrected chi connectivity index (χ1v) is 5.48. The summed E-state index contributed by atoms with van der Waals surface area (Å²) in [6, 6.07) is 5.72. The Balaban J connectivity index is 3.30. The number of carbonyl (C=O) groups is 1. The molecule has 0 spiro atoms. The molecule has 0 bridgehead atoms. The Morgan fingerprint density at radius 1 is 1.47 bits per heavy atom. The third-order valence-corrected chi connectivity index (χ3v) is 2.78. The van der Waals surface area contributed by atoms with Crippen LogP contribution in [0, 0.1) is 11.3 Å². The quantitative estimate of drug-likeness (QED) is 0.794. The zero-order valence-electron chi connectivity index (χ0n) is 10.1. The molecule has 0 heterocycles. The summed E-state index contributed by atoms with van der Waals surface area (Å²) in [6.07, 6.45) is 0.965. The van der Waals surface area contributed by atoms with Gasteiger partial charge in [0.2, 0.25) is 0 Å². The van der Waals surface area contributed by atoms with Crippen molar-refractivity contribution in [2.24, 2.45) is 5.73 Å². The van der Waals surface area contributed by atoms with E-state index >= 15 is 0 Å². The summed E-state index contributed by atoms with van der Waals surface area (Å²) in [5.41, 5.74) is 8.81. The number of nitrogens with two attached hydrogens (primary N) is 1. The van der Waals surface area contributed by atoms with Gasteiger partial charge in [-0.15, -0.1) is 0 Å². The fourth-order valence-corrected chi connectivity index (χ4v) is 1.85. The Morgan fingerprint density at radius 2 is 2.18 bits per heavy atom. The van der Waals surface area contributed by atoms with Crippen LogP contribution in [-0.4, -0.2) is 13.1 Å². The number of aryl methyl sites for hydroxylation is 1. The molecule has 0 aliphatic heterocycles. The second-order valence-electron chi connectivity index (χ2n) is 3.65. The van der Waals surface area contributed by atoms with Gasteiger partial charge in [0, 0.05) is 6.54 Å². The van der Waals surface area contributed by atoms with E-state index in [4.69, 9.17) is 11.0 Å². The summed E-state index contributed by atoms with van der Waals surface area (Å²) < 4.78 is 4.66. The topological polar surface area (TPSA) is 76.1 Å². The van der Waals surface area contributed by atoms with E-state index in [1.807, 2.05) is 13.0 Å². The second-order valence-corrected chi connectivity index (χ2v) is 3.65. The summed E-state index contributed by atoms with van der Waals surface area (Å²) in [5.74, 6) is -0.315. The lowest BCUT2D eigenvalue weighted by atomic mass is 9.93. The van der Waals surface area contributed by atoms with Crippen molar-refractivity contribution in [1.29, 1.82) is 5.26 Å². The minimum Gasteiger partial charge on any atom is -0.469 e. The number of nitrogens with zero attached hydrogens (tertiary/aromatic N) is 1. The van der Waals surface area contributed by atoms with Crippen molar-refractivity contribution in [2.75, 3.05) is 7.11 Å². The Kier molecular flexibility index (Phi) is 4.68. The summed E-state index contributed by atoms with van der Waals surface area (Å²) in [4.78, 5) is 11.4. The van der Waals surface area contributed by atoms with E-state index < -0.39 is 0 Å². The van der Waals surface area contributed by atoms with E-state index in [0.717, 1.165) is 23.1 Å². The molecule has 4 heteroatoms. The molecule has 0 radical (unpaired) electrons. The van der Waals surface area contributed by atoms with E-state index in [9.17, 15) is 4.79 Å². The molecule has 0 aliphatic carbocycles. The van der Waals surface area contributed by atoms with Crippen LogP contribution in [0.1, 0.15) is 29.2 Å². The minimum absolute atomic E-state index is 0.168. The Bertz CT molecular complexity index is 461. The highest BCUT2D eigenvalue weighted by Gasteiger charge is 2.14. The van der Waals surface area contributed by atoms with E-state index in [0.29, 0.717) is 5.56 Å². The number of esters is 1. The highest BCUT2D eigenvalue weighted by atomic mass is 16.5. The summed E-state index contributed by atoms with van der Waals surface area (Å²) in [7, 11) is 1.35. The molecule has 1 aromatic carbocycles. The summed E-state index contributed by atoms with van der Waals surface area (Å²) >= 11 is 0. The monoisotopic (exact) mass is 232 g/mol. The lowest BCUT2D eigenvalue weighted by molar-refractivity contribution is -0.139. The summed E-state index contributed by atoms with van der Waals surface area (Å²) in [5, 5.41) is 9.01. The lowest BCUT2D eigenvalue weighted by Gasteiger charge is -2.13. The van der Waals surface area contributed by atoms with E-state index in [1.54, 1.807) is 6.07 Å². The van der Waals surface area contributed by atoms with Crippen LogP contribution in [0.3, 0.4) is 0 Å². The molecule has 4 nitrogen and oxygen atoms in total. The molecule has 0 aromatic heterocycles. The zero-order valence-corrected chi connectivity index (χ0v) is 10.1. The van der Waals surface area contributed by atoms with Gasteiger partial charge in [-0.05, 0) is 29.2 Å². The Labute approximate surface area is 101 Å². The average molecular weight is 232 g/mol. The molecule has 0 atom stereocenters. The van der Waals surface area contributed by atoms with Crippen molar-refractivity contribution >= 4 is 5.97 Å². The van der Waals surface area contributed by atoms with Crippen molar-refractivity contribution in [2.45, 2.75) is 26.3 Å².